The van der Waals surface area contributed by atoms with Crippen LogP contribution >= 0.6 is 0 Å². The fourth-order valence-corrected chi connectivity index (χ4v) is 2.36. The van der Waals surface area contributed by atoms with Gasteiger partial charge in [-0.05, 0) is 37.8 Å². The van der Waals surface area contributed by atoms with Crippen molar-refractivity contribution in [1.82, 2.24) is 4.90 Å². The van der Waals surface area contributed by atoms with Gasteiger partial charge in [0.25, 0.3) is 0 Å². The maximum Gasteiger partial charge on any atom is 0.0144 e. The zero-order chi connectivity index (χ0) is 9.19. The summed E-state index contributed by atoms with van der Waals surface area (Å²) in [5.74, 6) is 0. The van der Waals surface area contributed by atoms with E-state index in [0.29, 0.717) is 5.41 Å². The van der Waals surface area contributed by atoms with Gasteiger partial charge in [0.05, 0.1) is 0 Å². The molecule has 0 aromatic heterocycles. The molecule has 0 unspecified atom stereocenters. The third kappa shape index (κ3) is 2.22. The quantitative estimate of drug-likeness (QED) is 0.614. The minimum absolute atomic E-state index is 0.478. The van der Waals surface area contributed by atoms with Gasteiger partial charge in [0, 0.05) is 6.04 Å². The largest absolute Gasteiger partial charge is 0.300 e. The van der Waals surface area contributed by atoms with Crippen LogP contribution in [-0.2, 0) is 0 Å². The molecule has 1 heteroatoms. The summed E-state index contributed by atoms with van der Waals surface area (Å²) in [6.07, 6.45) is 4.11. The van der Waals surface area contributed by atoms with E-state index in [1.165, 1.54) is 32.4 Å². The van der Waals surface area contributed by atoms with E-state index >= 15 is 0 Å². The first-order valence-corrected chi connectivity index (χ1v) is 5.29. The standard InChI is InChI=1S/C11H23N/c1-5-8-12-9-6-7-10(12)11(2,3)4/h10H,5-9H2,1-4H3/t10-/m1/s1. The van der Waals surface area contributed by atoms with Crippen molar-refractivity contribution in [3.8, 4) is 0 Å². The molecule has 1 heterocycles. The minimum Gasteiger partial charge on any atom is -0.300 e. The first-order chi connectivity index (χ1) is 5.55. The number of nitrogens with zero attached hydrogens (tertiary/aromatic N) is 1. The summed E-state index contributed by atoms with van der Waals surface area (Å²) in [6.45, 7) is 12.0. The average molecular weight is 169 g/mol. The van der Waals surface area contributed by atoms with Crippen LogP contribution in [0.2, 0.25) is 0 Å². The predicted octanol–water partition coefficient (Wildman–Crippen LogP) is 2.91. The van der Waals surface area contributed by atoms with E-state index in [2.05, 4.69) is 32.6 Å². The third-order valence-electron chi connectivity index (χ3n) is 2.87. The van der Waals surface area contributed by atoms with E-state index in [1.807, 2.05) is 0 Å². The van der Waals surface area contributed by atoms with Gasteiger partial charge in [-0.3, -0.25) is 4.90 Å². The number of likely N-dealkylation sites (tertiary alicyclic amines) is 1. The highest BCUT2D eigenvalue weighted by Gasteiger charge is 2.33. The fourth-order valence-electron chi connectivity index (χ4n) is 2.36. The highest BCUT2D eigenvalue weighted by molar-refractivity contribution is 4.87. The molecule has 0 aromatic carbocycles. The van der Waals surface area contributed by atoms with Crippen molar-refractivity contribution < 1.29 is 0 Å². The Bertz CT molecular complexity index is 134. The maximum absolute atomic E-state index is 2.67. The molecular weight excluding hydrogens is 146 g/mol. The second-order valence-electron chi connectivity index (χ2n) is 5.06. The Morgan fingerprint density at radius 2 is 2.00 bits per heavy atom. The maximum atomic E-state index is 2.67. The summed E-state index contributed by atoms with van der Waals surface area (Å²) in [7, 11) is 0. The van der Waals surface area contributed by atoms with Crippen LogP contribution in [0.15, 0.2) is 0 Å². The summed E-state index contributed by atoms with van der Waals surface area (Å²) in [6, 6.07) is 0.831. The van der Waals surface area contributed by atoms with Crippen molar-refractivity contribution in [1.29, 1.82) is 0 Å². The second kappa shape index (κ2) is 3.78. The Morgan fingerprint density at radius 3 is 2.50 bits per heavy atom. The Hall–Kier alpha value is -0.0400. The summed E-state index contributed by atoms with van der Waals surface area (Å²) in [5.41, 5.74) is 0.478. The second-order valence-corrected chi connectivity index (χ2v) is 5.06. The Kier molecular flexibility index (Phi) is 3.16. The van der Waals surface area contributed by atoms with Gasteiger partial charge < -0.3 is 0 Å². The van der Waals surface area contributed by atoms with Crippen molar-refractivity contribution in [2.75, 3.05) is 13.1 Å². The molecular formula is C11H23N. The molecule has 1 aliphatic rings. The SMILES string of the molecule is CCCN1CCC[C@@H]1C(C)(C)C. The molecule has 1 aliphatic heterocycles. The van der Waals surface area contributed by atoms with Gasteiger partial charge in [0.2, 0.25) is 0 Å². The van der Waals surface area contributed by atoms with Crippen LogP contribution < -0.4 is 0 Å². The van der Waals surface area contributed by atoms with Crippen molar-refractivity contribution in [2.45, 2.75) is 53.0 Å². The molecule has 0 aromatic rings. The van der Waals surface area contributed by atoms with Crippen molar-refractivity contribution in [3.05, 3.63) is 0 Å². The molecule has 1 rings (SSSR count). The van der Waals surface area contributed by atoms with Gasteiger partial charge in [-0.25, -0.2) is 0 Å². The monoisotopic (exact) mass is 169 g/mol. The van der Waals surface area contributed by atoms with Gasteiger partial charge in [0.1, 0.15) is 0 Å². The molecule has 1 saturated heterocycles. The van der Waals surface area contributed by atoms with Crippen LogP contribution in [0.3, 0.4) is 0 Å². The third-order valence-corrected chi connectivity index (χ3v) is 2.87. The van der Waals surface area contributed by atoms with Crippen molar-refractivity contribution >= 4 is 0 Å². The molecule has 0 N–H and O–H groups in total. The van der Waals surface area contributed by atoms with E-state index in [-0.39, 0.29) is 0 Å². The van der Waals surface area contributed by atoms with Crippen LogP contribution in [-0.4, -0.2) is 24.0 Å². The average Bonchev–Trinajstić information content (AvgIpc) is 2.34. The first kappa shape index (κ1) is 10.0. The minimum atomic E-state index is 0.478. The Balaban J connectivity index is 2.52. The van der Waals surface area contributed by atoms with E-state index < -0.39 is 0 Å². The summed E-state index contributed by atoms with van der Waals surface area (Å²) >= 11 is 0. The lowest BCUT2D eigenvalue weighted by Crippen LogP contribution is -2.39. The molecule has 72 valence electrons. The Labute approximate surface area is 77.1 Å². The Morgan fingerprint density at radius 1 is 1.33 bits per heavy atom. The van der Waals surface area contributed by atoms with Crippen LogP contribution in [0, 0.1) is 5.41 Å². The van der Waals surface area contributed by atoms with Crippen LogP contribution in [0.25, 0.3) is 0 Å². The van der Waals surface area contributed by atoms with Crippen molar-refractivity contribution in [2.24, 2.45) is 5.41 Å². The fraction of sp³-hybridized carbons (Fsp3) is 1.00. The lowest BCUT2D eigenvalue weighted by atomic mass is 9.85. The van der Waals surface area contributed by atoms with Crippen molar-refractivity contribution in [3.63, 3.8) is 0 Å². The molecule has 0 spiro atoms. The normalized spacial score (nSPS) is 26.5. The lowest BCUT2D eigenvalue weighted by molar-refractivity contribution is 0.141. The van der Waals surface area contributed by atoms with Gasteiger partial charge in [0.15, 0.2) is 0 Å². The molecule has 1 atom stereocenters. The molecule has 0 aliphatic carbocycles. The van der Waals surface area contributed by atoms with Gasteiger partial charge in [-0.15, -0.1) is 0 Å². The number of hydrogen-bond acceptors (Lipinski definition) is 1. The van der Waals surface area contributed by atoms with E-state index in [0.717, 1.165) is 6.04 Å². The molecule has 0 bridgehead atoms. The predicted molar refractivity (Wildman–Crippen MR) is 54.3 cm³/mol. The molecule has 1 fully saturated rings. The van der Waals surface area contributed by atoms with E-state index in [9.17, 15) is 0 Å². The van der Waals surface area contributed by atoms with Gasteiger partial charge >= 0.3 is 0 Å². The summed E-state index contributed by atoms with van der Waals surface area (Å²) < 4.78 is 0. The first-order valence-electron chi connectivity index (χ1n) is 5.29. The number of rotatable bonds is 2. The zero-order valence-corrected chi connectivity index (χ0v) is 9.06. The van der Waals surface area contributed by atoms with Gasteiger partial charge in [-0.1, -0.05) is 27.7 Å². The van der Waals surface area contributed by atoms with E-state index in [1.54, 1.807) is 0 Å². The number of hydrogen-bond donors (Lipinski definition) is 0. The smallest absolute Gasteiger partial charge is 0.0144 e. The molecule has 0 radical (unpaired) electrons. The summed E-state index contributed by atoms with van der Waals surface area (Å²) in [5, 5.41) is 0. The van der Waals surface area contributed by atoms with Crippen LogP contribution in [0.4, 0.5) is 0 Å². The van der Waals surface area contributed by atoms with E-state index in [4.69, 9.17) is 0 Å². The lowest BCUT2D eigenvalue weighted by Gasteiger charge is -2.34. The zero-order valence-electron chi connectivity index (χ0n) is 9.06. The van der Waals surface area contributed by atoms with Crippen LogP contribution in [0.5, 0.6) is 0 Å². The molecule has 0 saturated carbocycles. The van der Waals surface area contributed by atoms with Crippen LogP contribution in [0.1, 0.15) is 47.0 Å². The topological polar surface area (TPSA) is 3.24 Å². The molecule has 0 amide bonds. The molecule has 12 heavy (non-hydrogen) atoms. The summed E-state index contributed by atoms with van der Waals surface area (Å²) in [4.78, 5) is 2.67. The highest BCUT2D eigenvalue weighted by Crippen LogP contribution is 2.32. The highest BCUT2D eigenvalue weighted by atomic mass is 15.2. The molecule has 1 nitrogen and oxygen atoms in total. The van der Waals surface area contributed by atoms with Gasteiger partial charge in [-0.2, -0.15) is 0 Å².